The van der Waals surface area contributed by atoms with Crippen LogP contribution in [0.5, 0.6) is 0 Å². The van der Waals surface area contributed by atoms with Gasteiger partial charge in [-0.3, -0.25) is 0 Å². The van der Waals surface area contributed by atoms with Crippen molar-refractivity contribution in [3.8, 4) is 0 Å². The Bertz CT molecular complexity index is 193. The van der Waals surface area contributed by atoms with Crippen LogP contribution in [0.25, 0.3) is 0 Å². The number of aliphatic hydroxyl groups is 2. The van der Waals surface area contributed by atoms with E-state index in [0.717, 1.165) is 0 Å². The van der Waals surface area contributed by atoms with Crippen LogP contribution in [-0.2, 0) is 9.47 Å². The fraction of sp³-hybridized carbons (Fsp3) is 0.714. The molecule has 0 aromatic carbocycles. The van der Waals surface area contributed by atoms with Crippen LogP contribution in [0, 0.1) is 0 Å². The Morgan fingerprint density at radius 2 is 2.27 bits per heavy atom. The zero-order chi connectivity index (χ0) is 8.06. The summed E-state index contributed by atoms with van der Waals surface area (Å²) in [6.45, 7) is 3.80. The van der Waals surface area contributed by atoms with Crippen LogP contribution in [0.3, 0.4) is 0 Å². The molecule has 2 rings (SSSR count). The van der Waals surface area contributed by atoms with Crippen molar-refractivity contribution in [2.24, 2.45) is 0 Å². The van der Waals surface area contributed by atoms with Crippen molar-refractivity contribution in [1.82, 2.24) is 0 Å². The van der Waals surface area contributed by atoms with Crippen LogP contribution < -0.4 is 0 Å². The molecule has 0 spiro atoms. The lowest BCUT2D eigenvalue weighted by Gasteiger charge is -2.27. The van der Waals surface area contributed by atoms with Crippen molar-refractivity contribution < 1.29 is 19.7 Å². The van der Waals surface area contributed by atoms with E-state index in [1.165, 1.54) is 6.08 Å². The van der Waals surface area contributed by atoms with E-state index in [2.05, 4.69) is 6.58 Å². The summed E-state index contributed by atoms with van der Waals surface area (Å²) in [5.41, 5.74) is 0. The van der Waals surface area contributed by atoms with Gasteiger partial charge in [-0.15, -0.1) is 0 Å². The highest BCUT2D eigenvalue weighted by Crippen LogP contribution is 2.39. The minimum absolute atomic E-state index is 0.324. The van der Waals surface area contributed by atoms with Crippen molar-refractivity contribution in [1.29, 1.82) is 0 Å². The van der Waals surface area contributed by atoms with Gasteiger partial charge in [0.25, 0.3) is 0 Å². The summed E-state index contributed by atoms with van der Waals surface area (Å²) in [6.07, 6.45) is -0.864. The minimum atomic E-state index is -1.15. The topological polar surface area (TPSA) is 58.9 Å². The first-order chi connectivity index (χ1) is 5.19. The van der Waals surface area contributed by atoms with Gasteiger partial charge in [0, 0.05) is 0 Å². The molecule has 0 saturated carbocycles. The highest BCUT2D eigenvalue weighted by atomic mass is 16.8. The van der Waals surface area contributed by atoms with E-state index in [1.54, 1.807) is 0 Å². The first-order valence-corrected chi connectivity index (χ1v) is 3.51. The van der Waals surface area contributed by atoms with Gasteiger partial charge in [-0.25, -0.2) is 0 Å². The van der Waals surface area contributed by atoms with E-state index in [9.17, 15) is 10.2 Å². The van der Waals surface area contributed by atoms with Gasteiger partial charge in [0.05, 0.1) is 6.61 Å². The van der Waals surface area contributed by atoms with Gasteiger partial charge >= 0.3 is 0 Å². The van der Waals surface area contributed by atoms with Crippen LogP contribution in [0.4, 0.5) is 0 Å². The van der Waals surface area contributed by atoms with Crippen molar-refractivity contribution in [3.63, 3.8) is 0 Å². The first-order valence-electron chi connectivity index (χ1n) is 3.51. The average Bonchev–Trinajstić information content (AvgIpc) is 2.53. The fourth-order valence-electron chi connectivity index (χ4n) is 1.51. The molecule has 0 aromatic heterocycles. The van der Waals surface area contributed by atoms with E-state index in [4.69, 9.17) is 9.47 Å². The average molecular weight is 158 g/mol. The number of hydrogen-bond acceptors (Lipinski definition) is 4. The lowest BCUT2D eigenvalue weighted by atomic mass is 10.0. The van der Waals surface area contributed by atoms with Gasteiger partial charge in [0.1, 0.15) is 18.3 Å². The Balaban J connectivity index is 2.30. The smallest absolute Gasteiger partial charge is 0.217 e. The van der Waals surface area contributed by atoms with E-state index in [-0.39, 0.29) is 0 Å². The zero-order valence-corrected chi connectivity index (χ0v) is 5.93. The molecule has 62 valence electrons. The molecule has 0 aromatic rings. The monoisotopic (exact) mass is 158 g/mol. The lowest BCUT2D eigenvalue weighted by molar-refractivity contribution is -0.170. The number of aliphatic hydroxyl groups excluding tert-OH is 2. The van der Waals surface area contributed by atoms with Gasteiger partial charge in [-0.1, -0.05) is 6.58 Å². The molecule has 2 bridgehead atoms. The van der Waals surface area contributed by atoms with Crippen molar-refractivity contribution in [3.05, 3.63) is 12.7 Å². The summed E-state index contributed by atoms with van der Waals surface area (Å²) in [5, 5.41) is 18.6. The molecule has 4 nitrogen and oxygen atoms in total. The predicted octanol–water partition coefficient (Wildman–Crippen LogP) is -0.981. The van der Waals surface area contributed by atoms with Crippen molar-refractivity contribution >= 4 is 0 Å². The number of ether oxygens (including phenoxy) is 2. The summed E-state index contributed by atoms with van der Waals surface area (Å²) < 4.78 is 10.3. The Hall–Kier alpha value is -0.420. The van der Waals surface area contributed by atoms with E-state index in [1.807, 2.05) is 0 Å². The van der Waals surface area contributed by atoms with Crippen LogP contribution in [0.2, 0.25) is 0 Å². The molecule has 2 heterocycles. The lowest BCUT2D eigenvalue weighted by Crippen LogP contribution is -2.47. The third-order valence-electron chi connectivity index (χ3n) is 2.21. The normalized spacial score (nSPS) is 54.9. The van der Waals surface area contributed by atoms with E-state index in [0.29, 0.717) is 6.61 Å². The molecule has 4 heteroatoms. The largest absolute Gasteiger partial charge is 0.387 e. The summed E-state index contributed by atoms with van der Waals surface area (Å²) in [6, 6.07) is 0. The zero-order valence-electron chi connectivity index (χ0n) is 5.93. The summed E-state index contributed by atoms with van der Waals surface area (Å²) in [4.78, 5) is 0. The fourth-order valence-corrected chi connectivity index (χ4v) is 1.51. The SMILES string of the molecule is C=C[C@@]12OC[C@@H](O1)[C@@H](O)[C@@H]2O. The first kappa shape index (κ1) is 7.24. The number of rotatable bonds is 1. The van der Waals surface area contributed by atoms with Gasteiger partial charge in [0.15, 0.2) is 0 Å². The molecule has 0 aliphatic carbocycles. The molecule has 11 heavy (non-hydrogen) atoms. The standard InChI is InChI=1S/C7H10O4/c1-2-7-6(9)5(8)4(11-7)3-10-7/h2,4-6,8-9H,1,3H2/t4-,5-,6+,7-/m1/s1. The quantitative estimate of drug-likeness (QED) is 0.481. The van der Waals surface area contributed by atoms with E-state index < -0.39 is 24.1 Å². The molecule has 0 unspecified atom stereocenters. The van der Waals surface area contributed by atoms with Gasteiger partial charge in [-0.2, -0.15) is 0 Å². The van der Waals surface area contributed by atoms with Crippen molar-refractivity contribution in [2.75, 3.05) is 6.61 Å². The highest BCUT2D eigenvalue weighted by Gasteiger charge is 2.58. The molecule has 0 amide bonds. The Kier molecular flexibility index (Phi) is 1.34. The molecule has 0 radical (unpaired) electrons. The maximum Gasteiger partial charge on any atom is 0.217 e. The van der Waals surface area contributed by atoms with Crippen molar-refractivity contribution in [2.45, 2.75) is 24.1 Å². The molecular formula is C7H10O4. The predicted molar refractivity (Wildman–Crippen MR) is 35.8 cm³/mol. The van der Waals surface area contributed by atoms with Gasteiger partial charge < -0.3 is 19.7 Å². The number of fused-ring (bicyclic) bond motifs is 2. The summed E-state index contributed by atoms with van der Waals surface area (Å²) >= 11 is 0. The van der Waals surface area contributed by atoms with Crippen LogP contribution in [-0.4, -0.2) is 40.9 Å². The molecule has 2 N–H and O–H groups in total. The van der Waals surface area contributed by atoms with Gasteiger partial charge in [0.2, 0.25) is 5.79 Å². The number of hydrogen-bond donors (Lipinski definition) is 2. The Labute approximate surface area is 64.0 Å². The third kappa shape index (κ3) is 0.724. The highest BCUT2D eigenvalue weighted by molar-refractivity contribution is 5.09. The molecule has 2 saturated heterocycles. The second-order valence-electron chi connectivity index (χ2n) is 2.83. The molecular weight excluding hydrogens is 148 g/mol. The maximum absolute atomic E-state index is 9.37. The summed E-state index contributed by atoms with van der Waals surface area (Å²) in [5.74, 6) is -1.15. The molecule has 2 aliphatic heterocycles. The summed E-state index contributed by atoms with van der Waals surface area (Å²) in [7, 11) is 0. The Morgan fingerprint density at radius 3 is 2.64 bits per heavy atom. The molecule has 4 atom stereocenters. The minimum Gasteiger partial charge on any atom is -0.387 e. The molecule has 2 aliphatic rings. The van der Waals surface area contributed by atoms with Crippen LogP contribution in [0.1, 0.15) is 0 Å². The van der Waals surface area contributed by atoms with Crippen LogP contribution in [0.15, 0.2) is 12.7 Å². The second-order valence-corrected chi connectivity index (χ2v) is 2.83. The van der Waals surface area contributed by atoms with E-state index >= 15 is 0 Å². The second kappa shape index (κ2) is 2.04. The molecule has 2 fully saturated rings. The van der Waals surface area contributed by atoms with Gasteiger partial charge in [-0.05, 0) is 6.08 Å². The van der Waals surface area contributed by atoms with Crippen LogP contribution >= 0.6 is 0 Å². The Morgan fingerprint density at radius 1 is 1.55 bits per heavy atom. The third-order valence-corrected chi connectivity index (χ3v) is 2.21. The maximum atomic E-state index is 9.37.